The summed E-state index contributed by atoms with van der Waals surface area (Å²) in [5.41, 5.74) is 4.67. The molecule has 0 amide bonds. The van der Waals surface area contributed by atoms with Gasteiger partial charge in [0.25, 0.3) is 0 Å². The van der Waals surface area contributed by atoms with Gasteiger partial charge in [0, 0.05) is 19.8 Å². The monoisotopic (exact) mass is 302 g/mol. The number of aryl methyl sites for hydroxylation is 1. The molecule has 0 aliphatic heterocycles. The third kappa shape index (κ3) is 3.92. The highest BCUT2D eigenvalue weighted by Crippen LogP contribution is 2.30. The van der Waals surface area contributed by atoms with Crippen LogP contribution in [0, 0.1) is 6.92 Å². The highest BCUT2D eigenvalue weighted by atomic mass is 35.5. The molecule has 0 saturated heterocycles. The lowest BCUT2D eigenvalue weighted by atomic mass is 10.0. The van der Waals surface area contributed by atoms with Gasteiger partial charge in [-0.15, -0.1) is 0 Å². The first-order valence-electron chi connectivity index (χ1n) is 7.31. The van der Waals surface area contributed by atoms with Crippen molar-refractivity contribution in [3.05, 3.63) is 58.6 Å². The van der Waals surface area contributed by atoms with Crippen LogP contribution in [-0.4, -0.2) is 14.1 Å². The van der Waals surface area contributed by atoms with Gasteiger partial charge < -0.3 is 10.2 Å². The molecular formula is C18H23ClN2. The van der Waals surface area contributed by atoms with Gasteiger partial charge in [-0.2, -0.15) is 0 Å². The van der Waals surface area contributed by atoms with Crippen LogP contribution in [0.1, 0.15) is 30.5 Å². The molecular weight excluding hydrogens is 280 g/mol. The zero-order chi connectivity index (χ0) is 15.4. The van der Waals surface area contributed by atoms with Crippen molar-refractivity contribution in [2.24, 2.45) is 0 Å². The number of rotatable bonds is 5. The lowest BCUT2D eigenvalue weighted by molar-refractivity contribution is 0.749. The lowest BCUT2D eigenvalue weighted by Gasteiger charge is -2.21. The van der Waals surface area contributed by atoms with Gasteiger partial charge in [-0.3, -0.25) is 0 Å². The molecule has 1 unspecified atom stereocenters. The Labute approximate surface area is 132 Å². The minimum absolute atomic E-state index is 0.298. The van der Waals surface area contributed by atoms with E-state index in [9.17, 15) is 0 Å². The Bertz CT molecular complexity index is 591. The third-order valence-electron chi connectivity index (χ3n) is 3.66. The minimum atomic E-state index is 0.298. The van der Waals surface area contributed by atoms with E-state index in [1.54, 1.807) is 0 Å². The van der Waals surface area contributed by atoms with E-state index < -0.39 is 0 Å². The number of hydrogen-bond acceptors (Lipinski definition) is 2. The molecule has 3 heteroatoms. The second-order valence-electron chi connectivity index (χ2n) is 5.58. The Morgan fingerprint density at radius 2 is 1.76 bits per heavy atom. The van der Waals surface area contributed by atoms with E-state index in [-0.39, 0.29) is 0 Å². The van der Waals surface area contributed by atoms with Gasteiger partial charge >= 0.3 is 0 Å². The highest BCUT2D eigenvalue weighted by Gasteiger charge is 2.10. The average molecular weight is 303 g/mol. The zero-order valence-electron chi connectivity index (χ0n) is 13.2. The Morgan fingerprint density at radius 1 is 1.10 bits per heavy atom. The van der Waals surface area contributed by atoms with E-state index in [0.29, 0.717) is 6.04 Å². The van der Waals surface area contributed by atoms with Gasteiger partial charge in [0.05, 0.1) is 16.8 Å². The Balaban J connectivity index is 2.19. The topological polar surface area (TPSA) is 15.3 Å². The van der Waals surface area contributed by atoms with Gasteiger partial charge in [-0.25, -0.2) is 0 Å². The molecule has 0 fully saturated rings. The molecule has 2 rings (SSSR count). The maximum Gasteiger partial charge on any atom is 0.0659 e. The van der Waals surface area contributed by atoms with Crippen LogP contribution in [0.2, 0.25) is 5.02 Å². The highest BCUT2D eigenvalue weighted by molar-refractivity contribution is 6.33. The van der Waals surface area contributed by atoms with E-state index in [4.69, 9.17) is 11.6 Å². The first-order valence-corrected chi connectivity index (χ1v) is 7.69. The van der Waals surface area contributed by atoms with E-state index in [2.05, 4.69) is 49.5 Å². The molecule has 0 spiro atoms. The quantitative estimate of drug-likeness (QED) is 0.808. The SMILES string of the molecule is CCC(Nc1ccc(N(C)C)c(Cl)c1)c1ccc(C)cc1. The number of benzene rings is 2. The van der Waals surface area contributed by atoms with E-state index in [1.807, 2.05) is 31.1 Å². The van der Waals surface area contributed by atoms with Crippen LogP contribution in [0.4, 0.5) is 11.4 Å². The van der Waals surface area contributed by atoms with E-state index in [0.717, 1.165) is 22.8 Å². The van der Waals surface area contributed by atoms with Crippen molar-refractivity contribution >= 4 is 23.0 Å². The fourth-order valence-corrected chi connectivity index (χ4v) is 2.73. The first kappa shape index (κ1) is 15.7. The van der Waals surface area contributed by atoms with Crippen molar-refractivity contribution in [2.45, 2.75) is 26.3 Å². The Morgan fingerprint density at radius 3 is 2.29 bits per heavy atom. The predicted octanol–water partition coefficient (Wildman–Crippen LogP) is 5.28. The zero-order valence-corrected chi connectivity index (χ0v) is 13.9. The van der Waals surface area contributed by atoms with Gasteiger partial charge in [-0.05, 0) is 37.1 Å². The van der Waals surface area contributed by atoms with Gasteiger partial charge in [0.15, 0.2) is 0 Å². The summed E-state index contributed by atoms with van der Waals surface area (Å²) in [6.45, 7) is 4.30. The van der Waals surface area contributed by atoms with Crippen LogP contribution in [-0.2, 0) is 0 Å². The molecule has 0 aliphatic rings. The van der Waals surface area contributed by atoms with Crippen LogP contribution in [0.25, 0.3) is 0 Å². The van der Waals surface area contributed by atoms with Crippen molar-refractivity contribution in [1.29, 1.82) is 0 Å². The molecule has 0 aliphatic carbocycles. The van der Waals surface area contributed by atoms with Crippen molar-refractivity contribution in [3.63, 3.8) is 0 Å². The van der Waals surface area contributed by atoms with Crippen LogP contribution >= 0.6 is 11.6 Å². The van der Waals surface area contributed by atoms with Crippen LogP contribution in [0.15, 0.2) is 42.5 Å². The average Bonchev–Trinajstić information content (AvgIpc) is 2.45. The molecule has 112 valence electrons. The molecule has 0 bridgehead atoms. The Hall–Kier alpha value is -1.67. The molecule has 1 atom stereocenters. The second kappa shape index (κ2) is 6.86. The molecule has 2 nitrogen and oxygen atoms in total. The predicted molar refractivity (Wildman–Crippen MR) is 93.6 cm³/mol. The Kier molecular flexibility index (Phi) is 5.13. The van der Waals surface area contributed by atoms with Gasteiger partial charge in [0.2, 0.25) is 0 Å². The summed E-state index contributed by atoms with van der Waals surface area (Å²) < 4.78 is 0. The molecule has 1 N–H and O–H groups in total. The number of nitrogens with one attached hydrogen (secondary N) is 1. The second-order valence-corrected chi connectivity index (χ2v) is 5.98. The van der Waals surface area contributed by atoms with Crippen LogP contribution < -0.4 is 10.2 Å². The standard InChI is InChI=1S/C18H23ClN2/c1-5-17(14-8-6-13(2)7-9-14)20-15-10-11-18(21(3)4)16(19)12-15/h6-12,17,20H,5H2,1-4H3. The minimum Gasteiger partial charge on any atom is -0.378 e. The molecule has 0 saturated carbocycles. The normalized spacial score (nSPS) is 12.0. The van der Waals surface area contributed by atoms with Gasteiger partial charge in [0.1, 0.15) is 0 Å². The third-order valence-corrected chi connectivity index (χ3v) is 3.96. The van der Waals surface area contributed by atoms with Crippen molar-refractivity contribution < 1.29 is 0 Å². The molecule has 2 aromatic rings. The fourth-order valence-electron chi connectivity index (χ4n) is 2.38. The van der Waals surface area contributed by atoms with Crippen molar-refractivity contribution in [2.75, 3.05) is 24.3 Å². The maximum absolute atomic E-state index is 6.34. The summed E-state index contributed by atoms with van der Waals surface area (Å²) in [7, 11) is 3.99. The van der Waals surface area contributed by atoms with E-state index in [1.165, 1.54) is 11.1 Å². The molecule has 0 radical (unpaired) electrons. The van der Waals surface area contributed by atoms with Crippen molar-refractivity contribution in [3.8, 4) is 0 Å². The summed E-state index contributed by atoms with van der Waals surface area (Å²) >= 11 is 6.34. The summed E-state index contributed by atoms with van der Waals surface area (Å²) in [5.74, 6) is 0. The van der Waals surface area contributed by atoms with Gasteiger partial charge in [-0.1, -0.05) is 48.4 Å². The lowest BCUT2D eigenvalue weighted by Crippen LogP contribution is -2.11. The number of hydrogen-bond donors (Lipinski definition) is 1. The summed E-state index contributed by atoms with van der Waals surface area (Å²) in [6.07, 6.45) is 1.02. The molecule has 2 aromatic carbocycles. The maximum atomic E-state index is 6.34. The largest absolute Gasteiger partial charge is 0.378 e. The molecule has 0 aromatic heterocycles. The number of nitrogens with zero attached hydrogens (tertiary/aromatic N) is 1. The number of anilines is 2. The smallest absolute Gasteiger partial charge is 0.0659 e. The summed E-state index contributed by atoms with van der Waals surface area (Å²) in [6, 6.07) is 15.1. The first-order chi connectivity index (χ1) is 10.0. The molecule has 21 heavy (non-hydrogen) atoms. The summed E-state index contributed by atoms with van der Waals surface area (Å²) in [4.78, 5) is 2.02. The number of halogens is 1. The van der Waals surface area contributed by atoms with E-state index >= 15 is 0 Å². The molecule has 0 heterocycles. The van der Waals surface area contributed by atoms with Crippen LogP contribution in [0.5, 0.6) is 0 Å². The van der Waals surface area contributed by atoms with Crippen LogP contribution in [0.3, 0.4) is 0 Å². The van der Waals surface area contributed by atoms with Crippen molar-refractivity contribution in [1.82, 2.24) is 0 Å². The fraction of sp³-hybridized carbons (Fsp3) is 0.333. The summed E-state index contributed by atoms with van der Waals surface area (Å²) in [5, 5.41) is 4.34.